The Morgan fingerprint density at radius 1 is 1.10 bits per heavy atom. The summed E-state index contributed by atoms with van der Waals surface area (Å²) in [5.41, 5.74) is 1.92. The highest BCUT2D eigenvalue weighted by atomic mass is 32.2. The fourth-order valence-corrected chi connectivity index (χ4v) is 4.71. The Balaban J connectivity index is 1.95. The van der Waals surface area contributed by atoms with Gasteiger partial charge in [0.2, 0.25) is 0 Å². The number of carboxylic acid groups (broad SMARTS) is 1. The lowest BCUT2D eigenvalue weighted by molar-refractivity contribution is -0.141. The molecule has 0 fully saturated rings. The molecule has 0 bridgehead atoms. The average Bonchev–Trinajstić information content (AvgIpc) is 2.75. The highest BCUT2D eigenvalue weighted by Gasteiger charge is 2.37. The summed E-state index contributed by atoms with van der Waals surface area (Å²) in [6.07, 6.45) is 0.257. The number of sulfonamides is 1. The van der Waals surface area contributed by atoms with Crippen LogP contribution < -0.4 is 14.8 Å². The lowest BCUT2D eigenvalue weighted by Gasteiger charge is -2.30. The smallest absolute Gasteiger partial charge is 0.324 e. The van der Waals surface area contributed by atoms with Crippen molar-refractivity contribution in [2.75, 3.05) is 20.8 Å². The molecular weight excluding hydrogens is 412 g/mol. The highest BCUT2D eigenvalue weighted by Crippen LogP contribution is 2.31. The second-order valence-electron chi connectivity index (χ2n) is 6.67. The molecule has 0 spiro atoms. The number of benzene rings is 2. The number of nitrogens with one attached hydrogen (secondary N) is 1. The number of hydrogen-bond donors (Lipinski definition) is 2. The number of amides is 1. The molecule has 0 radical (unpaired) electrons. The topological polar surface area (TPSA) is 122 Å². The van der Waals surface area contributed by atoms with E-state index in [0.717, 1.165) is 11.1 Å². The highest BCUT2D eigenvalue weighted by molar-refractivity contribution is 7.89. The van der Waals surface area contributed by atoms with Crippen LogP contribution in [0.15, 0.2) is 47.4 Å². The molecule has 2 aromatic carbocycles. The summed E-state index contributed by atoms with van der Waals surface area (Å²) in [5.74, 6) is -1.82. The van der Waals surface area contributed by atoms with Crippen LogP contribution in [-0.2, 0) is 32.6 Å². The minimum absolute atomic E-state index is 0.144. The third-order valence-corrected chi connectivity index (χ3v) is 6.59. The number of rotatable bonds is 7. The maximum atomic E-state index is 13.2. The van der Waals surface area contributed by atoms with Crippen LogP contribution in [0.25, 0.3) is 0 Å². The molecule has 10 heteroatoms. The van der Waals surface area contributed by atoms with Gasteiger partial charge in [0.1, 0.15) is 6.54 Å². The monoisotopic (exact) mass is 434 g/mol. The van der Waals surface area contributed by atoms with Crippen LogP contribution in [0.5, 0.6) is 11.5 Å². The van der Waals surface area contributed by atoms with Gasteiger partial charge in [-0.3, -0.25) is 9.59 Å². The van der Waals surface area contributed by atoms with Crippen LogP contribution >= 0.6 is 0 Å². The summed E-state index contributed by atoms with van der Waals surface area (Å²) in [6.45, 7) is -0.612. The van der Waals surface area contributed by atoms with Gasteiger partial charge in [0.05, 0.1) is 25.2 Å². The van der Waals surface area contributed by atoms with Gasteiger partial charge in [-0.2, -0.15) is 0 Å². The first kappa shape index (κ1) is 21.6. The lowest BCUT2D eigenvalue weighted by Crippen LogP contribution is -2.52. The minimum Gasteiger partial charge on any atom is -0.493 e. The fourth-order valence-electron chi connectivity index (χ4n) is 3.31. The van der Waals surface area contributed by atoms with Crippen molar-refractivity contribution in [2.24, 2.45) is 0 Å². The van der Waals surface area contributed by atoms with Crippen molar-refractivity contribution in [3.05, 3.63) is 53.6 Å². The van der Waals surface area contributed by atoms with Gasteiger partial charge in [-0.05, 0) is 29.7 Å². The molecule has 0 aromatic heterocycles. The Labute approximate surface area is 174 Å². The van der Waals surface area contributed by atoms with Crippen LogP contribution in [0.2, 0.25) is 0 Å². The van der Waals surface area contributed by atoms with Crippen molar-refractivity contribution in [1.82, 2.24) is 9.62 Å². The van der Waals surface area contributed by atoms with Gasteiger partial charge >= 0.3 is 5.97 Å². The van der Waals surface area contributed by atoms with E-state index in [9.17, 15) is 23.1 Å². The predicted molar refractivity (Wildman–Crippen MR) is 107 cm³/mol. The van der Waals surface area contributed by atoms with Crippen molar-refractivity contribution < 1.29 is 32.6 Å². The Bertz CT molecular complexity index is 1070. The largest absolute Gasteiger partial charge is 0.493 e. The van der Waals surface area contributed by atoms with E-state index in [2.05, 4.69) is 5.32 Å². The van der Waals surface area contributed by atoms with E-state index >= 15 is 0 Å². The number of carbonyl (C=O) groups is 2. The first-order valence-corrected chi connectivity index (χ1v) is 10.5. The standard InChI is InChI=1S/C20H22N2O7S/c1-28-17-8-7-15(10-18(17)29-2)30(26,27)22(12-19(23)24)20(25)16-9-13-5-3-4-6-14(13)11-21-16/h3-8,10,16,21H,9,11-12H2,1-2H3,(H,23,24)/t16-/m0/s1. The maximum absolute atomic E-state index is 13.2. The van der Waals surface area contributed by atoms with Crippen molar-refractivity contribution in [3.8, 4) is 11.5 Å². The second-order valence-corrected chi connectivity index (χ2v) is 8.53. The molecule has 0 saturated carbocycles. The molecule has 1 aliphatic heterocycles. The molecule has 2 N–H and O–H groups in total. The first-order chi connectivity index (χ1) is 14.3. The van der Waals surface area contributed by atoms with E-state index in [4.69, 9.17) is 9.47 Å². The maximum Gasteiger partial charge on any atom is 0.324 e. The van der Waals surface area contributed by atoms with Crippen molar-refractivity contribution >= 4 is 21.9 Å². The van der Waals surface area contributed by atoms with Crippen molar-refractivity contribution in [1.29, 1.82) is 0 Å². The molecule has 160 valence electrons. The summed E-state index contributed by atoms with van der Waals surface area (Å²) in [7, 11) is -1.71. The summed E-state index contributed by atoms with van der Waals surface area (Å²) in [6, 6.07) is 10.4. The van der Waals surface area contributed by atoms with E-state index in [-0.39, 0.29) is 17.1 Å². The zero-order valence-electron chi connectivity index (χ0n) is 16.5. The molecule has 0 aliphatic carbocycles. The molecule has 2 aromatic rings. The molecule has 0 unspecified atom stereocenters. The van der Waals surface area contributed by atoms with E-state index in [0.29, 0.717) is 16.6 Å². The molecule has 30 heavy (non-hydrogen) atoms. The van der Waals surface area contributed by atoms with Gasteiger partial charge in [0.25, 0.3) is 15.9 Å². The Kier molecular flexibility index (Phi) is 6.28. The third kappa shape index (κ3) is 4.24. The molecule has 1 atom stereocenters. The lowest BCUT2D eigenvalue weighted by atomic mass is 9.95. The number of carbonyl (C=O) groups excluding carboxylic acids is 1. The third-order valence-electron chi connectivity index (χ3n) is 4.85. The zero-order valence-corrected chi connectivity index (χ0v) is 17.3. The second kappa shape index (κ2) is 8.72. The van der Waals surface area contributed by atoms with E-state index in [1.165, 1.54) is 32.4 Å². The number of nitrogens with zero attached hydrogens (tertiary/aromatic N) is 1. The quantitative estimate of drug-likeness (QED) is 0.662. The zero-order chi connectivity index (χ0) is 21.9. The number of methoxy groups -OCH3 is 2. The van der Waals surface area contributed by atoms with Gasteiger partial charge in [-0.15, -0.1) is 0 Å². The van der Waals surface area contributed by atoms with Crippen LogP contribution in [-0.4, -0.2) is 56.5 Å². The molecule has 1 aliphatic rings. The Morgan fingerprint density at radius 3 is 2.40 bits per heavy atom. The van der Waals surface area contributed by atoms with Crippen molar-refractivity contribution in [3.63, 3.8) is 0 Å². The number of carboxylic acids is 1. The van der Waals surface area contributed by atoms with Crippen LogP contribution in [0.1, 0.15) is 11.1 Å². The average molecular weight is 434 g/mol. The van der Waals surface area contributed by atoms with Gasteiger partial charge in [-0.1, -0.05) is 24.3 Å². The summed E-state index contributed by atoms with van der Waals surface area (Å²) in [4.78, 5) is 24.2. The minimum atomic E-state index is -4.45. The van der Waals surface area contributed by atoms with E-state index < -0.39 is 34.5 Å². The molecule has 1 heterocycles. The van der Waals surface area contributed by atoms with Gasteiger partial charge in [0, 0.05) is 12.6 Å². The normalized spacial score (nSPS) is 15.7. The molecule has 9 nitrogen and oxygen atoms in total. The van der Waals surface area contributed by atoms with Gasteiger partial charge in [-0.25, -0.2) is 12.7 Å². The van der Waals surface area contributed by atoms with Crippen LogP contribution in [0.4, 0.5) is 0 Å². The molecule has 1 amide bonds. The molecule has 0 saturated heterocycles. The van der Waals surface area contributed by atoms with Crippen molar-refractivity contribution in [2.45, 2.75) is 23.9 Å². The molecular formula is C20H22N2O7S. The Morgan fingerprint density at radius 2 is 1.77 bits per heavy atom. The number of fused-ring (bicyclic) bond motifs is 1. The van der Waals surface area contributed by atoms with Crippen LogP contribution in [0, 0.1) is 0 Å². The Hall–Kier alpha value is -3.11. The van der Waals surface area contributed by atoms with E-state index in [1.807, 2.05) is 24.3 Å². The fraction of sp³-hybridized carbons (Fsp3) is 0.300. The number of ether oxygens (including phenoxy) is 2. The molecule has 3 rings (SSSR count). The number of hydrogen-bond acceptors (Lipinski definition) is 7. The first-order valence-electron chi connectivity index (χ1n) is 9.08. The predicted octanol–water partition coefficient (Wildman–Crippen LogP) is 1.02. The number of aliphatic carboxylic acids is 1. The van der Waals surface area contributed by atoms with Crippen LogP contribution in [0.3, 0.4) is 0 Å². The van der Waals surface area contributed by atoms with Gasteiger partial charge < -0.3 is 19.9 Å². The SMILES string of the molecule is COc1ccc(S(=O)(=O)N(CC(=O)O)C(=O)[C@@H]2Cc3ccccc3CN2)cc1OC. The summed E-state index contributed by atoms with van der Waals surface area (Å²) >= 11 is 0. The summed E-state index contributed by atoms with van der Waals surface area (Å²) in [5, 5.41) is 12.3. The van der Waals surface area contributed by atoms with E-state index in [1.54, 1.807) is 0 Å². The van der Waals surface area contributed by atoms with Gasteiger partial charge in [0.15, 0.2) is 11.5 Å². The summed E-state index contributed by atoms with van der Waals surface area (Å²) < 4.78 is 37.0.